The molecule has 0 bridgehead atoms. The van der Waals surface area contributed by atoms with Gasteiger partial charge in [-0.1, -0.05) is 24.6 Å². The number of benzene rings is 1. The first kappa shape index (κ1) is 12.8. The molecule has 1 aromatic rings. The van der Waals surface area contributed by atoms with Gasteiger partial charge in [-0.2, -0.15) is 0 Å². The maximum absolute atomic E-state index is 11.3. The second kappa shape index (κ2) is 6.38. The molecule has 0 saturated carbocycles. The fraction of sp³-hybridized carbons (Fsp3) is 0.417. The third-order valence-electron chi connectivity index (χ3n) is 2.22. The Balaban J connectivity index is 2.33. The summed E-state index contributed by atoms with van der Waals surface area (Å²) < 4.78 is 5.47. The van der Waals surface area contributed by atoms with Gasteiger partial charge < -0.3 is 9.64 Å². The molecule has 88 valence electrons. The van der Waals surface area contributed by atoms with Gasteiger partial charge >= 0.3 is 0 Å². The van der Waals surface area contributed by atoms with E-state index in [0.29, 0.717) is 24.6 Å². The van der Waals surface area contributed by atoms with Gasteiger partial charge in [0, 0.05) is 18.5 Å². The molecule has 0 radical (unpaired) electrons. The minimum atomic E-state index is 0.120. The molecule has 0 aliphatic rings. The number of carbonyl (C=O) groups is 1. The summed E-state index contributed by atoms with van der Waals surface area (Å²) in [6.07, 6.45) is 0.521. The van der Waals surface area contributed by atoms with Crippen molar-refractivity contribution in [1.82, 2.24) is 4.90 Å². The lowest BCUT2D eigenvalue weighted by Gasteiger charge is -2.16. The van der Waals surface area contributed by atoms with Gasteiger partial charge in [-0.25, -0.2) is 0 Å². The summed E-state index contributed by atoms with van der Waals surface area (Å²) in [6, 6.07) is 7.22. The molecule has 0 fully saturated rings. The number of nitrogens with zero attached hydrogens (tertiary/aromatic N) is 1. The van der Waals surface area contributed by atoms with Crippen LogP contribution in [-0.2, 0) is 4.79 Å². The minimum absolute atomic E-state index is 0.120. The topological polar surface area (TPSA) is 29.5 Å². The fourth-order valence-electron chi connectivity index (χ4n) is 1.25. The second-order valence-electron chi connectivity index (χ2n) is 3.47. The zero-order chi connectivity index (χ0) is 12.0. The molecule has 0 aliphatic carbocycles. The van der Waals surface area contributed by atoms with Crippen molar-refractivity contribution in [3.05, 3.63) is 29.3 Å². The Morgan fingerprint density at radius 2 is 2.25 bits per heavy atom. The van der Waals surface area contributed by atoms with Gasteiger partial charge in [-0.3, -0.25) is 4.79 Å². The van der Waals surface area contributed by atoms with Crippen LogP contribution in [0.4, 0.5) is 0 Å². The first-order valence-electron chi connectivity index (χ1n) is 5.25. The van der Waals surface area contributed by atoms with Crippen molar-refractivity contribution in [3.8, 4) is 5.75 Å². The van der Waals surface area contributed by atoms with Crippen molar-refractivity contribution in [2.24, 2.45) is 0 Å². The Kier molecular flexibility index (Phi) is 5.12. The molecule has 0 saturated heterocycles. The number of halogens is 1. The van der Waals surface area contributed by atoms with E-state index in [1.54, 1.807) is 24.1 Å². The van der Waals surface area contributed by atoms with E-state index in [-0.39, 0.29) is 5.91 Å². The molecule has 1 rings (SSSR count). The Morgan fingerprint density at radius 1 is 1.50 bits per heavy atom. The number of hydrogen-bond donors (Lipinski definition) is 0. The van der Waals surface area contributed by atoms with E-state index in [9.17, 15) is 4.79 Å². The highest BCUT2D eigenvalue weighted by atomic mass is 35.5. The molecule has 1 amide bonds. The first-order chi connectivity index (χ1) is 7.63. The number of ether oxygens (including phenoxy) is 1. The molecular formula is C12H16ClNO2. The van der Waals surface area contributed by atoms with Gasteiger partial charge in [0.05, 0.1) is 6.54 Å². The smallest absolute Gasteiger partial charge is 0.222 e. The summed E-state index contributed by atoms with van der Waals surface area (Å²) in [5.41, 5.74) is 0. The summed E-state index contributed by atoms with van der Waals surface area (Å²) in [7, 11) is 1.77. The largest absolute Gasteiger partial charge is 0.492 e. The molecule has 4 heteroatoms. The normalized spacial score (nSPS) is 9.94. The molecule has 0 aliphatic heterocycles. The zero-order valence-corrected chi connectivity index (χ0v) is 10.3. The number of likely N-dealkylation sites (N-methyl/N-ethyl adjacent to an activating group) is 1. The summed E-state index contributed by atoms with van der Waals surface area (Å²) in [6.45, 7) is 2.90. The van der Waals surface area contributed by atoms with Crippen molar-refractivity contribution in [2.75, 3.05) is 20.2 Å². The van der Waals surface area contributed by atoms with Crippen LogP contribution in [0.2, 0.25) is 5.02 Å². The van der Waals surface area contributed by atoms with Gasteiger partial charge in [0.1, 0.15) is 12.4 Å². The third-order valence-corrected chi connectivity index (χ3v) is 2.45. The summed E-state index contributed by atoms with van der Waals surface area (Å²) >= 11 is 5.81. The second-order valence-corrected chi connectivity index (χ2v) is 3.91. The average molecular weight is 242 g/mol. The Bertz CT molecular complexity index is 355. The lowest BCUT2D eigenvalue weighted by atomic mass is 10.3. The van der Waals surface area contributed by atoms with Crippen LogP contribution in [-0.4, -0.2) is 31.0 Å². The lowest BCUT2D eigenvalue weighted by Crippen LogP contribution is -2.30. The van der Waals surface area contributed by atoms with Crippen molar-refractivity contribution in [1.29, 1.82) is 0 Å². The monoisotopic (exact) mass is 241 g/mol. The predicted octanol–water partition coefficient (Wildman–Crippen LogP) is 2.59. The third kappa shape index (κ3) is 4.11. The minimum Gasteiger partial charge on any atom is -0.492 e. The standard InChI is InChI=1S/C12H16ClNO2/c1-3-12(15)14(2)7-8-16-11-6-4-5-10(13)9-11/h4-6,9H,3,7-8H2,1-2H3. The van der Waals surface area contributed by atoms with E-state index in [1.807, 2.05) is 19.1 Å². The van der Waals surface area contributed by atoms with Crippen molar-refractivity contribution >= 4 is 17.5 Å². The molecule has 0 spiro atoms. The highest BCUT2D eigenvalue weighted by Crippen LogP contribution is 2.16. The van der Waals surface area contributed by atoms with Crippen molar-refractivity contribution < 1.29 is 9.53 Å². The first-order valence-corrected chi connectivity index (χ1v) is 5.63. The van der Waals surface area contributed by atoms with Crippen LogP contribution in [0.1, 0.15) is 13.3 Å². The molecule has 0 aromatic heterocycles. The van der Waals surface area contributed by atoms with Crippen LogP contribution < -0.4 is 4.74 Å². The lowest BCUT2D eigenvalue weighted by molar-refractivity contribution is -0.129. The average Bonchev–Trinajstić information content (AvgIpc) is 2.28. The predicted molar refractivity (Wildman–Crippen MR) is 64.9 cm³/mol. The van der Waals surface area contributed by atoms with Gasteiger partial charge in [0.25, 0.3) is 0 Å². The summed E-state index contributed by atoms with van der Waals surface area (Å²) in [4.78, 5) is 12.9. The number of amides is 1. The van der Waals surface area contributed by atoms with Crippen LogP contribution in [0.3, 0.4) is 0 Å². The van der Waals surface area contributed by atoms with E-state index in [1.165, 1.54) is 0 Å². The van der Waals surface area contributed by atoms with E-state index in [4.69, 9.17) is 16.3 Å². The molecule has 0 atom stereocenters. The van der Waals surface area contributed by atoms with Gasteiger partial charge in [-0.05, 0) is 18.2 Å². The van der Waals surface area contributed by atoms with Crippen LogP contribution in [0.5, 0.6) is 5.75 Å². The van der Waals surface area contributed by atoms with Gasteiger partial charge in [0.2, 0.25) is 5.91 Å². The molecule has 16 heavy (non-hydrogen) atoms. The maximum atomic E-state index is 11.3. The highest BCUT2D eigenvalue weighted by Gasteiger charge is 2.05. The Hall–Kier alpha value is -1.22. The molecular weight excluding hydrogens is 226 g/mol. The van der Waals surface area contributed by atoms with Crippen molar-refractivity contribution in [2.45, 2.75) is 13.3 Å². The SMILES string of the molecule is CCC(=O)N(C)CCOc1cccc(Cl)c1. The Labute approximate surface area is 101 Å². The van der Waals surface area contributed by atoms with Crippen molar-refractivity contribution in [3.63, 3.8) is 0 Å². The number of carbonyl (C=O) groups excluding carboxylic acids is 1. The quantitative estimate of drug-likeness (QED) is 0.793. The Morgan fingerprint density at radius 3 is 2.88 bits per heavy atom. The van der Waals surface area contributed by atoms with E-state index >= 15 is 0 Å². The van der Waals surface area contributed by atoms with Gasteiger partial charge in [-0.15, -0.1) is 0 Å². The van der Waals surface area contributed by atoms with Crippen LogP contribution in [0.25, 0.3) is 0 Å². The summed E-state index contributed by atoms with van der Waals surface area (Å²) in [5, 5.41) is 0.649. The van der Waals surface area contributed by atoms with Crippen LogP contribution in [0, 0.1) is 0 Å². The molecule has 0 unspecified atom stereocenters. The van der Waals surface area contributed by atoms with E-state index in [2.05, 4.69) is 0 Å². The number of hydrogen-bond acceptors (Lipinski definition) is 2. The molecule has 1 aromatic carbocycles. The number of rotatable bonds is 5. The molecule has 3 nitrogen and oxygen atoms in total. The maximum Gasteiger partial charge on any atom is 0.222 e. The molecule has 0 heterocycles. The molecule has 0 N–H and O–H groups in total. The fourth-order valence-corrected chi connectivity index (χ4v) is 1.43. The highest BCUT2D eigenvalue weighted by molar-refractivity contribution is 6.30. The van der Waals surface area contributed by atoms with Gasteiger partial charge in [0.15, 0.2) is 0 Å². The zero-order valence-electron chi connectivity index (χ0n) is 9.57. The van der Waals surface area contributed by atoms with Crippen LogP contribution in [0.15, 0.2) is 24.3 Å². The van der Waals surface area contributed by atoms with Crippen LogP contribution >= 0.6 is 11.6 Å². The van der Waals surface area contributed by atoms with E-state index < -0.39 is 0 Å². The van der Waals surface area contributed by atoms with E-state index in [0.717, 1.165) is 5.75 Å². The summed E-state index contributed by atoms with van der Waals surface area (Å²) in [5.74, 6) is 0.847.